The Kier molecular flexibility index (Phi) is 4.51. The van der Waals surface area contributed by atoms with Crippen molar-refractivity contribution in [2.24, 2.45) is 5.84 Å². The third-order valence-electron chi connectivity index (χ3n) is 2.63. The van der Waals surface area contributed by atoms with E-state index in [1.807, 2.05) is 4.90 Å². The number of nitrogens with zero attached hydrogens (tertiary/aromatic N) is 3. The molecule has 2 amide bonds. The Bertz CT molecular complexity index is 226. The number of carbonyl (C=O) groups excluding carboxylic acids is 2. The van der Waals surface area contributed by atoms with Crippen LogP contribution in [0.1, 0.15) is 6.92 Å². The minimum Gasteiger partial charge on any atom is -0.340 e. The van der Waals surface area contributed by atoms with Gasteiger partial charge in [-0.2, -0.15) is 0 Å². The standard InChI is InChI=1S/C9H18N4O2/c1-9(15)12-5-2-11(3-6-12)4-7-13(10)8-14/h8H,2-7,10H2,1H3. The van der Waals surface area contributed by atoms with Crippen molar-refractivity contribution in [2.45, 2.75) is 6.92 Å². The van der Waals surface area contributed by atoms with Crippen LogP contribution in [0, 0.1) is 0 Å². The van der Waals surface area contributed by atoms with Gasteiger partial charge in [-0.3, -0.25) is 19.5 Å². The van der Waals surface area contributed by atoms with E-state index in [9.17, 15) is 9.59 Å². The molecule has 0 aromatic heterocycles. The van der Waals surface area contributed by atoms with Gasteiger partial charge in [0.15, 0.2) is 0 Å². The molecule has 1 aliphatic heterocycles. The molecule has 0 spiro atoms. The highest BCUT2D eigenvalue weighted by Gasteiger charge is 2.18. The molecule has 15 heavy (non-hydrogen) atoms. The lowest BCUT2D eigenvalue weighted by Gasteiger charge is -2.34. The molecule has 0 aromatic rings. The molecule has 6 nitrogen and oxygen atoms in total. The fourth-order valence-corrected chi connectivity index (χ4v) is 1.60. The van der Waals surface area contributed by atoms with Crippen LogP contribution in [0.5, 0.6) is 0 Å². The van der Waals surface area contributed by atoms with Crippen LogP contribution in [0.25, 0.3) is 0 Å². The molecular weight excluding hydrogens is 196 g/mol. The van der Waals surface area contributed by atoms with E-state index in [0.29, 0.717) is 13.0 Å². The van der Waals surface area contributed by atoms with Crippen molar-refractivity contribution in [1.82, 2.24) is 14.8 Å². The van der Waals surface area contributed by atoms with Crippen LogP contribution in [-0.2, 0) is 9.59 Å². The lowest BCUT2D eigenvalue weighted by atomic mass is 10.3. The summed E-state index contributed by atoms with van der Waals surface area (Å²) in [6.07, 6.45) is 0.617. The van der Waals surface area contributed by atoms with Crippen LogP contribution in [-0.4, -0.2) is 66.4 Å². The van der Waals surface area contributed by atoms with Gasteiger partial charge in [0.05, 0.1) is 0 Å². The highest BCUT2D eigenvalue weighted by Crippen LogP contribution is 2.01. The summed E-state index contributed by atoms with van der Waals surface area (Å²) in [6, 6.07) is 0. The highest BCUT2D eigenvalue weighted by atomic mass is 16.2. The van der Waals surface area contributed by atoms with Crippen molar-refractivity contribution in [3.05, 3.63) is 0 Å². The number of amides is 2. The summed E-state index contributed by atoms with van der Waals surface area (Å²) in [7, 11) is 0. The van der Waals surface area contributed by atoms with E-state index >= 15 is 0 Å². The summed E-state index contributed by atoms with van der Waals surface area (Å²) in [4.78, 5) is 25.3. The molecule has 0 aliphatic carbocycles. The molecule has 0 bridgehead atoms. The maximum absolute atomic E-state index is 11.1. The average Bonchev–Trinajstić information content (AvgIpc) is 2.26. The molecule has 6 heteroatoms. The second-order valence-electron chi connectivity index (χ2n) is 3.69. The third kappa shape index (κ3) is 3.85. The zero-order chi connectivity index (χ0) is 11.3. The van der Waals surface area contributed by atoms with Crippen LogP contribution in [0.15, 0.2) is 0 Å². The van der Waals surface area contributed by atoms with Crippen molar-refractivity contribution >= 4 is 12.3 Å². The lowest BCUT2D eigenvalue weighted by molar-refractivity contribution is -0.130. The van der Waals surface area contributed by atoms with Crippen molar-refractivity contribution in [2.75, 3.05) is 39.3 Å². The predicted molar refractivity (Wildman–Crippen MR) is 55.7 cm³/mol. The summed E-state index contributed by atoms with van der Waals surface area (Å²) in [5, 5.41) is 1.14. The quantitative estimate of drug-likeness (QED) is 0.267. The average molecular weight is 214 g/mol. The maximum Gasteiger partial charge on any atom is 0.223 e. The molecule has 0 radical (unpaired) electrons. The predicted octanol–water partition coefficient (Wildman–Crippen LogP) is -1.52. The second kappa shape index (κ2) is 5.67. The van der Waals surface area contributed by atoms with E-state index in [2.05, 4.69) is 4.90 Å². The van der Waals surface area contributed by atoms with Crippen molar-refractivity contribution in [1.29, 1.82) is 0 Å². The van der Waals surface area contributed by atoms with E-state index < -0.39 is 0 Å². The van der Waals surface area contributed by atoms with Crippen molar-refractivity contribution < 1.29 is 9.59 Å². The van der Waals surface area contributed by atoms with E-state index in [1.54, 1.807) is 6.92 Å². The van der Waals surface area contributed by atoms with Gasteiger partial charge in [0.1, 0.15) is 0 Å². The van der Waals surface area contributed by atoms with Gasteiger partial charge >= 0.3 is 0 Å². The third-order valence-corrected chi connectivity index (χ3v) is 2.63. The summed E-state index contributed by atoms with van der Waals surface area (Å²) >= 11 is 0. The Morgan fingerprint density at radius 2 is 2.00 bits per heavy atom. The van der Waals surface area contributed by atoms with Gasteiger partial charge in [0.25, 0.3) is 0 Å². The topological polar surface area (TPSA) is 69.9 Å². The number of hydrazine groups is 1. The molecule has 1 saturated heterocycles. The number of rotatable bonds is 4. The van der Waals surface area contributed by atoms with E-state index in [-0.39, 0.29) is 5.91 Å². The first-order valence-corrected chi connectivity index (χ1v) is 5.08. The van der Waals surface area contributed by atoms with Crippen LogP contribution in [0.3, 0.4) is 0 Å². The summed E-state index contributed by atoms with van der Waals surface area (Å²) in [5.41, 5.74) is 0. The van der Waals surface area contributed by atoms with Gasteiger partial charge in [-0.25, -0.2) is 5.84 Å². The SMILES string of the molecule is CC(=O)N1CCN(CCN(N)C=O)CC1. The molecular formula is C9H18N4O2. The molecule has 86 valence electrons. The number of carbonyl (C=O) groups is 2. The first-order valence-electron chi connectivity index (χ1n) is 5.08. The zero-order valence-electron chi connectivity index (χ0n) is 9.06. The second-order valence-corrected chi connectivity index (χ2v) is 3.69. The number of nitrogens with two attached hydrogens (primary N) is 1. The Labute approximate surface area is 89.6 Å². The van der Waals surface area contributed by atoms with Gasteiger partial charge in [-0.15, -0.1) is 0 Å². The van der Waals surface area contributed by atoms with Crippen LogP contribution < -0.4 is 5.84 Å². The number of hydrogen-bond donors (Lipinski definition) is 1. The van der Waals surface area contributed by atoms with Gasteiger partial charge in [0.2, 0.25) is 12.3 Å². The molecule has 0 aromatic carbocycles. The Hall–Kier alpha value is -1.14. The molecule has 0 atom stereocenters. The molecule has 1 rings (SSSR count). The van der Waals surface area contributed by atoms with E-state index in [1.165, 1.54) is 0 Å². The van der Waals surface area contributed by atoms with Gasteiger partial charge in [-0.05, 0) is 0 Å². The maximum atomic E-state index is 11.1. The monoisotopic (exact) mass is 214 g/mol. The molecule has 0 saturated carbocycles. The lowest BCUT2D eigenvalue weighted by Crippen LogP contribution is -2.50. The van der Waals surface area contributed by atoms with Crippen LogP contribution in [0.2, 0.25) is 0 Å². The summed E-state index contributed by atoms with van der Waals surface area (Å²) in [5.74, 6) is 5.47. The van der Waals surface area contributed by atoms with Crippen molar-refractivity contribution in [3.8, 4) is 0 Å². The van der Waals surface area contributed by atoms with Gasteiger partial charge < -0.3 is 4.90 Å². The summed E-state index contributed by atoms with van der Waals surface area (Å²) in [6.45, 7) is 6.12. The largest absolute Gasteiger partial charge is 0.340 e. The van der Waals surface area contributed by atoms with Crippen molar-refractivity contribution in [3.63, 3.8) is 0 Å². The smallest absolute Gasteiger partial charge is 0.223 e. The summed E-state index contributed by atoms with van der Waals surface area (Å²) < 4.78 is 0. The number of piperazine rings is 1. The first-order chi connectivity index (χ1) is 7.13. The van der Waals surface area contributed by atoms with Gasteiger partial charge in [-0.1, -0.05) is 0 Å². The van der Waals surface area contributed by atoms with E-state index in [0.717, 1.165) is 37.7 Å². The highest BCUT2D eigenvalue weighted by molar-refractivity contribution is 5.73. The molecule has 1 heterocycles. The molecule has 1 fully saturated rings. The Morgan fingerprint density at radius 1 is 1.40 bits per heavy atom. The molecule has 1 aliphatic rings. The minimum atomic E-state index is 0.128. The van der Waals surface area contributed by atoms with E-state index in [4.69, 9.17) is 5.84 Å². The fraction of sp³-hybridized carbons (Fsp3) is 0.778. The van der Waals surface area contributed by atoms with Gasteiger partial charge in [0, 0.05) is 46.2 Å². The first kappa shape index (κ1) is 11.9. The Balaban J connectivity index is 2.20. The zero-order valence-corrected chi connectivity index (χ0v) is 9.06. The van der Waals surface area contributed by atoms with Crippen LogP contribution in [0.4, 0.5) is 0 Å². The fourth-order valence-electron chi connectivity index (χ4n) is 1.60. The molecule has 0 unspecified atom stereocenters. The van der Waals surface area contributed by atoms with Crippen LogP contribution >= 0.6 is 0 Å². The normalized spacial score (nSPS) is 17.6. The Morgan fingerprint density at radius 3 is 2.47 bits per heavy atom. The number of hydrogen-bond acceptors (Lipinski definition) is 4. The molecule has 2 N–H and O–H groups in total. The minimum absolute atomic E-state index is 0.128.